The molecule has 2 N–H and O–H groups in total. The molecule has 1 aliphatic heterocycles. The summed E-state index contributed by atoms with van der Waals surface area (Å²) in [5.41, 5.74) is 5.42. The predicted molar refractivity (Wildman–Crippen MR) is 87.4 cm³/mol. The summed E-state index contributed by atoms with van der Waals surface area (Å²) in [6, 6.07) is 3.51. The van der Waals surface area contributed by atoms with Crippen LogP contribution in [0.2, 0.25) is 0 Å². The van der Waals surface area contributed by atoms with Gasteiger partial charge < -0.3 is 15.4 Å². The summed E-state index contributed by atoms with van der Waals surface area (Å²) >= 11 is 0. The zero-order valence-electron chi connectivity index (χ0n) is 13.6. The SMILES string of the molecule is C[C@H](OC(=O)c1ccc([N+](=O)[O-])cc1N)C(=O)N1CCCCCC1. The first-order valence-electron chi connectivity index (χ1n) is 7.94. The summed E-state index contributed by atoms with van der Waals surface area (Å²) in [6.45, 7) is 2.85. The highest BCUT2D eigenvalue weighted by atomic mass is 16.6. The normalized spacial score (nSPS) is 16.1. The van der Waals surface area contributed by atoms with Gasteiger partial charge in [-0.1, -0.05) is 12.8 Å². The van der Waals surface area contributed by atoms with Gasteiger partial charge in [0.25, 0.3) is 11.6 Å². The number of anilines is 1. The molecule has 2 rings (SSSR count). The first-order chi connectivity index (χ1) is 11.4. The fourth-order valence-corrected chi connectivity index (χ4v) is 2.67. The van der Waals surface area contributed by atoms with Crippen molar-refractivity contribution in [3.63, 3.8) is 0 Å². The topological polar surface area (TPSA) is 116 Å². The second-order valence-corrected chi connectivity index (χ2v) is 5.82. The number of ether oxygens (including phenoxy) is 1. The van der Waals surface area contributed by atoms with E-state index in [9.17, 15) is 19.7 Å². The zero-order chi connectivity index (χ0) is 17.7. The number of nitrogen functional groups attached to an aromatic ring is 1. The standard InChI is InChI=1S/C16H21N3O5/c1-11(15(20)18-8-4-2-3-5-9-18)24-16(21)13-7-6-12(19(22)23)10-14(13)17/h6-7,10-11H,2-5,8-9,17H2,1H3/t11-/m0/s1. The Morgan fingerprint density at radius 3 is 2.42 bits per heavy atom. The highest BCUT2D eigenvalue weighted by molar-refractivity contribution is 5.97. The first-order valence-corrected chi connectivity index (χ1v) is 7.94. The smallest absolute Gasteiger partial charge is 0.341 e. The Balaban J connectivity index is 2.02. The summed E-state index contributed by atoms with van der Waals surface area (Å²) in [6.07, 6.45) is 3.16. The maximum absolute atomic E-state index is 12.4. The third kappa shape index (κ3) is 4.21. The fraction of sp³-hybridized carbons (Fsp3) is 0.500. The van der Waals surface area contributed by atoms with E-state index in [0.29, 0.717) is 13.1 Å². The molecule has 8 nitrogen and oxygen atoms in total. The largest absolute Gasteiger partial charge is 0.449 e. The molecule has 0 spiro atoms. The molecule has 1 aromatic carbocycles. The van der Waals surface area contributed by atoms with Crippen molar-refractivity contribution < 1.29 is 19.2 Å². The van der Waals surface area contributed by atoms with Crippen LogP contribution in [0, 0.1) is 10.1 Å². The number of nitro benzene ring substituents is 1. The second-order valence-electron chi connectivity index (χ2n) is 5.82. The number of nitrogens with two attached hydrogens (primary N) is 1. The van der Waals surface area contributed by atoms with E-state index in [-0.39, 0.29) is 22.8 Å². The summed E-state index contributed by atoms with van der Waals surface area (Å²) in [5, 5.41) is 10.7. The number of carbonyl (C=O) groups excluding carboxylic acids is 2. The molecule has 0 saturated carbocycles. The summed E-state index contributed by atoms with van der Waals surface area (Å²) in [4.78, 5) is 36.3. The highest BCUT2D eigenvalue weighted by Crippen LogP contribution is 2.21. The molecular formula is C16H21N3O5. The van der Waals surface area contributed by atoms with Gasteiger partial charge in [-0.3, -0.25) is 14.9 Å². The second kappa shape index (κ2) is 7.76. The van der Waals surface area contributed by atoms with Gasteiger partial charge in [0, 0.05) is 25.2 Å². The lowest BCUT2D eigenvalue weighted by Crippen LogP contribution is -2.40. The Labute approximate surface area is 139 Å². The van der Waals surface area contributed by atoms with E-state index in [1.54, 1.807) is 4.90 Å². The maximum Gasteiger partial charge on any atom is 0.341 e. The van der Waals surface area contributed by atoms with Gasteiger partial charge in [0.15, 0.2) is 6.10 Å². The van der Waals surface area contributed by atoms with E-state index in [0.717, 1.165) is 31.7 Å². The molecule has 0 aliphatic carbocycles. The summed E-state index contributed by atoms with van der Waals surface area (Å²) < 4.78 is 5.19. The van der Waals surface area contributed by atoms with Crippen molar-refractivity contribution in [2.45, 2.75) is 38.7 Å². The van der Waals surface area contributed by atoms with E-state index in [2.05, 4.69) is 0 Å². The molecule has 1 saturated heterocycles. The van der Waals surface area contributed by atoms with Crippen molar-refractivity contribution in [1.82, 2.24) is 4.90 Å². The Hall–Kier alpha value is -2.64. The van der Waals surface area contributed by atoms with Crippen molar-refractivity contribution in [3.8, 4) is 0 Å². The Morgan fingerprint density at radius 1 is 1.25 bits per heavy atom. The van der Waals surface area contributed by atoms with Gasteiger partial charge in [-0.2, -0.15) is 0 Å². The van der Waals surface area contributed by atoms with Crippen molar-refractivity contribution in [2.24, 2.45) is 0 Å². The number of hydrogen-bond donors (Lipinski definition) is 1. The van der Waals surface area contributed by atoms with Crippen molar-refractivity contribution in [2.75, 3.05) is 18.8 Å². The van der Waals surface area contributed by atoms with Crippen LogP contribution in [0.4, 0.5) is 11.4 Å². The van der Waals surface area contributed by atoms with Crippen LogP contribution in [0.1, 0.15) is 43.0 Å². The lowest BCUT2D eigenvalue weighted by atomic mass is 10.1. The van der Waals surface area contributed by atoms with Crippen molar-refractivity contribution >= 4 is 23.3 Å². The third-order valence-corrected chi connectivity index (χ3v) is 4.02. The molecule has 0 unspecified atom stereocenters. The Kier molecular flexibility index (Phi) is 5.73. The molecule has 0 radical (unpaired) electrons. The maximum atomic E-state index is 12.4. The molecule has 8 heteroatoms. The fourth-order valence-electron chi connectivity index (χ4n) is 2.67. The van der Waals surface area contributed by atoms with Crippen LogP contribution in [0.25, 0.3) is 0 Å². The Morgan fingerprint density at radius 2 is 1.88 bits per heavy atom. The Bertz CT molecular complexity index is 639. The number of carbonyl (C=O) groups is 2. The molecule has 1 fully saturated rings. The molecule has 1 aliphatic rings. The van der Waals surface area contributed by atoms with Crippen LogP contribution < -0.4 is 5.73 Å². The quantitative estimate of drug-likeness (QED) is 0.390. The number of esters is 1. The van der Waals surface area contributed by atoms with E-state index in [1.807, 2.05) is 0 Å². The molecule has 1 heterocycles. The van der Waals surface area contributed by atoms with E-state index in [1.165, 1.54) is 19.1 Å². The van der Waals surface area contributed by atoms with Crippen LogP contribution >= 0.6 is 0 Å². The van der Waals surface area contributed by atoms with Gasteiger partial charge in [-0.05, 0) is 25.8 Å². The molecule has 130 valence electrons. The van der Waals surface area contributed by atoms with Gasteiger partial charge in [0.05, 0.1) is 16.2 Å². The minimum absolute atomic E-state index is 0.0103. The number of rotatable bonds is 4. The van der Waals surface area contributed by atoms with E-state index >= 15 is 0 Å². The van der Waals surface area contributed by atoms with Crippen molar-refractivity contribution in [1.29, 1.82) is 0 Å². The average molecular weight is 335 g/mol. The number of benzene rings is 1. The lowest BCUT2D eigenvalue weighted by Gasteiger charge is -2.24. The first kappa shape index (κ1) is 17.7. The molecule has 1 amide bonds. The third-order valence-electron chi connectivity index (χ3n) is 4.02. The number of likely N-dealkylation sites (tertiary alicyclic amines) is 1. The van der Waals surface area contributed by atoms with Gasteiger partial charge in [0.2, 0.25) is 0 Å². The van der Waals surface area contributed by atoms with Crippen LogP contribution in [0.3, 0.4) is 0 Å². The van der Waals surface area contributed by atoms with E-state index in [4.69, 9.17) is 10.5 Å². The number of nitro groups is 1. The van der Waals surface area contributed by atoms with Gasteiger partial charge >= 0.3 is 5.97 Å². The number of amides is 1. The van der Waals surface area contributed by atoms with E-state index < -0.39 is 17.0 Å². The molecule has 1 atom stereocenters. The lowest BCUT2D eigenvalue weighted by molar-refractivity contribution is -0.384. The predicted octanol–water partition coefficient (Wildman–Crippen LogP) is 2.12. The monoisotopic (exact) mass is 335 g/mol. The summed E-state index contributed by atoms with van der Waals surface area (Å²) in [5.74, 6) is -0.996. The number of non-ortho nitro benzene ring substituents is 1. The van der Waals surface area contributed by atoms with Crippen LogP contribution in [0.5, 0.6) is 0 Å². The minimum atomic E-state index is -0.926. The van der Waals surface area contributed by atoms with Gasteiger partial charge in [0.1, 0.15) is 0 Å². The number of hydrogen-bond acceptors (Lipinski definition) is 6. The molecular weight excluding hydrogens is 314 g/mol. The van der Waals surface area contributed by atoms with Crippen LogP contribution in [-0.4, -0.2) is 40.9 Å². The minimum Gasteiger partial charge on any atom is -0.449 e. The van der Waals surface area contributed by atoms with Crippen LogP contribution in [-0.2, 0) is 9.53 Å². The molecule has 0 aromatic heterocycles. The van der Waals surface area contributed by atoms with Crippen LogP contribution in [0.15, 0.2) is 18.2 Å². The molecule has 0 bridgehead atoms. The van der Waals surface area contributed by atoms with Gasteiger partial charge in [-0.25, -0.2) is 4.79 Å². The average Bonchev–Trinajstić information content (AvgIpc) is 2.82. The van der Waals surface area contributed by atoms with Gasteiger partial charge in [-0.15, -0.1) is 0 Å². The zero-order valence-corrected chi connectivity index (χ0v) is 13.6. The highest BCUT2D eigenvalue weighted by Gasteiger charge is 2.26. The molecule has 1 aromatic rings. The summed E-state index contributed by atoms with van der Waals surface area (Å²) in [7, 11) is 0. The van der Waals surface area contributed by atoms with Crippen molar-refractivity contribution in [3.05, 3.63) is 33.9 Å². The molecule has 24 heavy (non-hydrogen) atoms. The number of nitrogens with zero attached hydrogens (tertiary/aromatic N) is 2.